The minimum Gasteiger partial charge on any atom is -0.286 e. The van der Waals surface area contributed by atoms with E-state index < -0.39 is 0 Å². The van der Waals surface area contributed by atoms with Gasteiger partial charge in [-0.05, 0) is 61.1 Å². The van der Waals surface area contributed by atoms with Crippen LogP contribution in [0.4, 0.5) is 0 Å². The van der Waals surface area contributed by atoms with Gasteiger partial charge in [-0.2, -0.15) is 11.8 Å². The quantitative estimate of drug-likeness (QED) is 0.370. The lowest BCUT2D eigenvalue weighted by molar-refractivity contribution is -0.163. The Hall–Kier alpha value is -1.78. The second-order valence-corrected chi connectivity index (χ2v) is 7.81. The summed E-state index contributed by atoms with van der Waals surface area (Å²) in [7, 11) is 0. The van der Waals surface area contributed by atoms with E-state index in [0.29, 0.717) is 19.4 Å². The van der Waals surface area contributed by atoms with Crippen LogP contribution in [0.1, 0.15) is 35.1 Å². The van der Waals surface area contributed by atoms with E-state index in [1.165, 1.54) is 22.3 Å². The minimum atomic E-state index is -0.197. The third-order valence-corrected chi connectivity index (χ3v) is 5.61. The largest absolute Gasteiger partial charge is 0.286 e. The molecule has 0 spiro atoms. The van der Waals surface area contributed by atoms with Crippen molar-refractivity contribution in [3.05, 3.63) is 70.8 Å². The molecule has 0 aliphatic heterocycles. The first-order valence-electron chi connectivity index (χ1n) is 9.24. The molecule has 2 aromatic carbocycles. The zero-order chi connectivity index (χ0) is 18.8. The van der Waals surface area contributed by atoms with E-state index in [-0.39, 0.29) is 5.91 Å². The Labute approximate surface area is 161 Å². The van der Waals surface area contributed by atoms with Gasteiger partial charge in [-0.1, -0.05) is 48.5 Å². The van der Waals surface area contributed by atoms with Crippen LogP contribution in [0.3, 0.4) is 0 Å². The van der Waals surface area contributed by atoms with Crippen molar-refractivity contribution in [2.24, 2.45) is 0 Å². The van der Waals surface area contributed by atoms with Crippen LogP contribution in [0.5, 0.6) is 0 Å². The van der Waals surface area contributed by atoms with E-state index in [4.69, 9.17) is 0 Å². The molecule has 0 saturated carbocycles. The molecule has 26 heavy (non-hydrogen) atoms. The highest BCUT2D eigenvalue weighted by atomic mass is 32.2. The molecule has 1 amide bonds. The van der Waals surface area contributed by atoms with Gasteiger partial charge in [0.2, 0.25) is 5.91 Å². The summed E-state index contributed by atoms with van der Waals surface area (Å²) < 4.78 is 0. The van der Waals surface area contributed by atoms with Gasteiger partial charge in [0.05, 0.1) is 6.54 Å². The summed E-state index contributed by atoms with van der Waals surface area (Å²) in [6.45, 7) is 4.52. The van der Waals surface area contributed by atoms with Crippen LogP contribution in [0.25, 0.3) is 0 Å². The number of carbonyl (C=O) groups excluding carboxylic acids is 1. The van der Waals surface area contributed by atoms with Crippen LogP contribution in [0.2, 0.25) is 0 Å². The zero-order valence-electron chi connectivity index (χ0n) is 15.8. The standard InChI is InChI=1S/C22H29NO2S/c1-18-8-6-9-19(2)21(18)13-14-22(24)23(25)15-17-26-16-7-12-20-10-4-3-5-11-20/h3-6,8-11,25H,7,12-17H2,1-2H3. The fourth-order valence-corrected chi connectivity index (χ4v) is 3.86. The number of amides is 1. The Balaban J connectivity index is 1.60. The molecule has 0 heterocycles. The Morgan fingerprint density at radius 2 is 1.65 bits per heavy atom. The molecule has 4 heteroatoms. The number of carbonyl (C=O) groups is 1. The van der Waals surface area contributed by atoms with Crippen LogP contribution in [0.15, 0.2) is 48.5 Å². The third kappa shape index (κ3) is 6.85. The fourth-order valence-electron chi connectivity index (χ4n) is 3.01. The van der Waals surface area contributed by atoms with Gasteiger partial charge in [-0.3, -0.25) is 10.0 Å². The van der Waals surface area contributed by atoms with Crippen LogP contribution >= 0.6 is 11.8 Å². The molecular formula is C22H29NO2S. The third-order valence-electron chi connectivity index (χ3n) is 4.57. The average molecular weight is 372 g/mol. The minimum absolute atomic E-state index is 0.197. The Kier molecular flexibility index (Phi) is 8.72. The Morgan fingerprint density at radius 1 is 0.962 bits per heavy atom. The van der Waals surface area contributed by atoms with Crippen molar-refractivity contribution in [2.75, 3.05) is 18.1 Å². The SMILES string of the molecule is Cc1cccc(C)c1CCC(=O)N(O)CCSCCCc1ccccc1. The first-order valence-corrected chi connectivity index (χ1v) is 10.4. The van der Waals surface area contributed by atoms with E-state index in [0.717, 1.165) is 29.4 Å². The predicted octanol–water partition coefficient (Wildman–Crippen LogP) is 4.82. The van der Waals surface area contributed by atoms with Crippen molar-refractivity contribution in [3.8, 4) is 0 Å². The van der Waals surface area contributed by atoms with Crippen molar-refractivity contribution < 1.29 is 10.0 Å². The van der Waals surface area contributed by atoms with Crippen LogP contribution in [0, 0.1) is 13.8 Å². The van der Waals surface area contributed by atoms with Crippen molar-refractivity contribution in [1.29, 1.82) is 0 Å². The molecule has 1 N–H and O–H groups in total. The van der Waals surface area contributed by atoms with Gasteiger partial charge in [0.15, 0.2) is 0 Å². The van der Waals surface area contributed by atoms with E-state index in [1.54, 1.807) is 11.8 Å². The van der Waals surface area contributed by atoms with Crippen molar-refractivity contribution in [2.45, 2.75) is 39.5 Å². The van der Waals surface area contributed by atoms with Crippen molar-refractivity contribution >= 4 is 17.7 Å². The molecule has 0 aliphatic carbocycles. The van der Waals surface area contributed by atoms with Gasteiger partial charge in [0.1, 0.15) is 0 Å². The molecule has 140 valence electrons. The first kappa shape index (κ1) is 20.5. The van der Waals surface area contributed by atoms with Crippen LogP contribution in [-0.4, -0.2) is 34.2 Å². The highest BCUT2D eigenvalue weighted by Gasteiger charge is 2.12. The summed E-state index contributed by atoms with van der Waals surface area (Å²) >= 11 is 1.78. The molecule has 3 nitrogen and oxygen atoms in total. The first-order chi connectivity index (χ1) is 12.6. The van der Waals surface area contributed by atoms with Gasteiger partial charge >= 0.3 is 0 Å². The van der Waals surface area contributed by atoms with Crippen LogP contribution < -0.4 is 0 Å². The molecular weight excluding hydrogens is 342 g/mol. The molecule has 2 aromatic rings. The van der Waals surface area contributed by atoms with Gasteiger partial charge in [-0.15, -0.1) is 0 Å². The Bertz CT molecular complexity index is 668. The summed E-state index contributed by atoms with van der Waals surface area (Å²) in [6.07, 6.45) is 3.21. The van der Waals surface area contributed by atoms with Gasteiger partial charge in [0, 0.05) is 12.2 Å². The highest BCUT2D eigenvalue weighted by molar-refractivity contribution is 7.99. The molecule has 0 atom stereocenters. The number of aryl methyl sites for hydroxylation is 3. The summed E-state index contributed by atoms with van der Waals surface area (Å²) in [5.41, 5.74) is 4.98. The second kappa shape index (κ2) is 11.0. The van der Waals surface area contributed by atoms with E-state index in [2.05, 4.69) is 50.2 Å². The molecule has 0 radical (unpaired) electrons. The number of hydrogen-bond acceptors (Lipinski definition) is 3. The van der Waals surface area contributed by atoms with Gasteiger partial charge < -0.3 is 0 Å². The molecule has 0 unspecified atom stereocenters. The smallest absolute Gasteiger partial charge is 0.246 e. The maximum Gasteiger partial charge on any atom is 0.246 e. The number of benzene rings is 2. The lowest BCUT2D eigenvalue weighted by Gasteiger charge is -2.16. The van der Waals surface area contributed by atoms with E-state index in [1.807, 2.05) is 12.1 Å². The highest BCUT2D eigenvalue weighted by Crippen LogP contribution is 2.16. The summed E-state index contributed by atoms with van der Waals surface area (Å²) in [5.74, 6) is 1.61. The summed E-state index contributed by atoms with van der Waals surface area (Å²) in [5, 5.41) is 10.8. The van der Waals surface area contributed by atoms with Crippen molar-refractivity contribution in [3.63, 3.8) is 0 Å². The molecule has 0 aliphatic rings. The average Bonchev–Trinajstić information content (AvgIpc) is 2.64. The zero-order valence-corrected chi connectivity index (χ0v) is 16.6. The predicted molar refractivity (Wildman–Crippen MR) is 110 cm³/mol. The maximum absolute atomic E-state index is 12.1. The number of nitrogens with zero attached hydrogens (tertiary/aromatic N) is 1. The lowest BCUT2D eigenvalue weighted by atomic mass is 9.98. The fraction of sp³-hybridized carbons (Fsp3) is 0.409. The molecule has 0 bridgehead atoms. The summed E-state index contributed by atoms with van der Waals surface area (Å²) in [6, 6.07) is 16.6. The number of hydrogen-bond donors (Lipinski definition) is 1. The number of rotatable bonds is 10. The lowest BCUT2D eigenvalue weighted by Crippen LogP contribution is -2.30. The Morgan fingerprint density at radius 3 is 2.35 bits per heavy atom. The number of hydroxylamine groups is 2. The monoisotopic (exact) mass is 371 g/mol. The number of thioether (sulfide) groups is 1. The molecule has 0 fully saturated rings. The molecule has 2 rings (SSSR count). The van der Waals surface area contributed by atoms with Crippen LogP contribution in [-0.2, 0) is 17.6 Å². The van der Waals surface area contributed by atoms with E-state index in [9.17, 15) is 10.0 Å². The van der Waals surface area contributed by atoms with Gasteiger partial charge in [0.25, 0.3) is 0 Å². The molecule has 0 saturated heterocycles. The normalized spacial score (nSPS) is 10.7. The van der Waals surface area contributed by atoms with Gasteiger partial charge in [-0.25, -0.2) is 5.06 Å². The topological polar surface area (TPSA) is 40.5 Å². The second-order valence-electron chi connectivity index (χ2n) is 6.59. The van der Waals surface area contributed by atoms with E-state index >= 15 is 0 Å². The van der Waals surface area contributed by atoms with Crippen molar-refractivity contribution in [1.82, 2.24) is 5.06 Å². The summed E-state index contributed by atoms with van der Waals surface area (Å²) in [4.78, 5) is 12.1. The molecule has 0 aromatic heterocycles. The maximum atomic E-state index is 12.1.